The summed E-state index contributed by atoms with van der Waals surface area (Å²) >= 11 is 5.10. The SMILES string of the molecule is Cc1ccc2c(c1)C(Sc1ccc(Br)cc1)c1c(nc(N)c(C#N)c1N)O2. The third-order valence-electron chi connectivity index (χ3n) is 4.36. The van der Waals surface area contributed by atoms with Crippen molar-refractivity contribution in [2.75, 3.05) is 11.5 Å². The minimum absolute atomic E-state index is 0.0803. The highest BCUT2D eigenvalue weighted by molar-refractivity contribution is 9.10. The molecule has 0 saturated carbocycles. The van der Waals surface area contributed by atoms with E-state index in [0.29, 0.717) is 17.1 Å². The largest absolute Gasteiger partial charge is 0.438 e. The van der Waals surface area contributed by atoms with Crippen LogP contribution in [0.2, 0.25) is 0 Å². The summed E-state index contributed by atoms with van der Waals surface area (Å²) in [5, 5.41) is 9.28. The smallest absolute Gasteiger partial charge is 0.228 e. The zero-order valence-electron chi connectivity index (χ0n) is 14.4. The molecule has 2 heterocycles. The van der Waals surface area contributed by atoms with Crippen molar-refractivity contribution in [2.45, 2.75) is 17.1 Å². The molecule has 1 aromatic heterocycles. The van der Waals surface area contributed by atoms with Crippen LogP contribution in [-0.4, -0.2) is 4.98 Å². The van der Waals surface area contributed by atoms with Crippen molar-refractivity contribution in [1.29, 1.82) is 5.26 Å². The fourth-order valence-corrected chi connectivity index (χ4v) is 4.55. The van der Waals surface area contributed by atoms with Crippen molar-refractivity contribution in [3.63, 3.8) is 0 Å². The minimum atomic E-state index is -0.162. The molecule has 2 aromatic carbocycles. The van der Waals surface area contributed by atoms with Crippen molar-refractivity contribution < 1.29 is 4.74 Å². The summed E-state index contributed by atoms with van der Waals surface area (Å²) < 4.78 is 6.99. The standard InChI is InChI=1S/C20H15BrN4OS/c1-10-2-7-15-13(8-10)18(27-12-5-3-11(21)4-6-12)16-17(23)14(9-22)19(24)25-20(16)26-15/h2-8,18H,1H3,(H4,23,24,25). The van der Waals surface area contributed by atoms with Gasteiger partial charge in [0.1, 0.15) is 23.2 Å². The maximum absolute atomic E-state index is 9.44. The van der Waals surface area contributed by atoms with Gasteiger partial charge in [0.25, 0.3) is 0 Å². The molecule has 0 aliphatic carbocycles. The summed E-state index contributed by atoms with van der Waals surface area (Å²) in [6, 6.07) is 16.1. The number of nitrogen functional groups attached to an aromatic ring is 2. The van der Waals surface area contributed by atoms with Crippen LogP contribution in [0.25, 0.3) is 0 Å². The molecule has 134 valence electrons. The summed E-state index contributed by atoms with van der Waals surface area (Å²) in [5.74, 6) is 1.16. The molecule has 1 atom stereocenters. The van der Waals surface area contributed by atoms with Crippen molar-refractivity contribution in [2.24, 2.45) is 0 Å². The van der Waals surface area contributed by atoms with Crippen molar-refractivity contribution in [3.05, 3.63) is 69.2 Å². The number of nitriles is 1. The number of hydrogen-bond acceptors (Lipinski definition) is 6. The Balaban J connectivity index is 1.92. The van der Waals surface area contributed by atoms with Crippen LogP contribution in [0, 0.1) is 18.3 Å². The summed E-state index contributed by atoms with van der Waals surface area (Å²) in [4.78, 5) is 5.37. The molecule has 0 fully saturated rings. The van der Waals surface area contributed by atoms with E-state index in [-0.39, 0.29) is 16.6 Å². The fourth-order valence-electron chi connectivity index (χ4n) is 3.06. The number of nitrogens with zero attached hydrogens (tertiary/aromatic N) is 2. The predicted molar refractivity (Wildman–Crippen MR) is 111 cm³/mol. The van der Waals surface area contributed by atoms with Gasteiger partial charge in [-0.05, 0) is 37.3 Å². The Labute approximate surface area is 169 Å². The van der Waals surface area contributed by atoms with Crippen LogP contribution in [0.5, 0.6) is 11.6 Å². The first-order valence-electron chi connectivity index (χ1n) is 8.17. The number of anilines is 2. The summed E-state index contributed by atoms with van der Waals surface area (Å²) in [6.07, 6.45) is 0. The Kier molecular flexibility index (Phi) is 4.46. The molecule has 4 N–H and O–H groups in total. The van der Waals surface area contributed by atoms with Gasteiger partial charge in [0.15, 0.2) is 0 Å². The lowest BCUT2D eigenvalue weighted by Gasteiger charge is -2.29. The average Bonchev–Trinajstić information content (AvgIpc) is 2.64. The van der Waals surface area contributed by atoms with Crippen LogP contribution in [-0.2, 0) is 0 Å². The van der Waals surface area contributed by atoms with E-state index in [4.69, 9.17) is 16.2 Å². The van der Waals surface area contributed by atoms with Crippen molar-refractivity contribution in [1.82, 2.24) is 4.98 Å². The Bertz CT molecular complexity index is 1090. The van der Waals surface area contributed by atoms with E-state index >= 15 is 0 Å². The summed E-state index contributed by atoms with van der Waals surface area (Å²) in [7, 11) is 0. The molecular formula is C20H15BrN4OS. The van der Waals surface area contributed by atoms with Crippen LogP contribution >= 0.6 is 27.7 Å². The highest BCUT2D eigenvalue weighted by Gasteiger charge is 2.33. The van der Waals surface area contributed by atoms with E-state index in [9.17, 15) is 5.26 Å². The molecule has 0 saturated heterocycles. The second-order valence-electron chi connectivity index (χ2n) is 6.21. The van der Waals surface area contributed by atoms with E-state index in [1.54, 1.807) is 11.8 Å². The van der Waals surface area contributed by atoms with E-state index in [1.807, 2.05) is 43.3 Å². The minimum Gasteiger partial charge on any atom is -0.438 e. The van der Waals surface area contributed by atoms with Gasteiger partial charge >= 0.3 is 0 Å². The normalized spacial score (nSPS) is 14.6. The maximum Gasteiger partial charge on any atom is 0.228 e. The van der Waals surface area contributed by atoms with Gasteiger partial charge in [-0.25, -0.2) is 0 Å². The van der Waals surface area contributed by atoms with Gasteiger partial charge in [-0.2, -0.15) is 10.2 Å². The van der Waals surface area contributed by atoms with Crippen molar-refractivity contribution in [3.8, 4) is 17.7 Å². The van der Waals surface area contributed by atoms with Gasteiger partial charge < -0.3 is 16.2 Å². The molecule has 5 nitrogen and oxygen atoms in total. The molecule has 27 heavy (non-hydrogen) atoms. The zero-order chi connectivity index (χ0) is 19.1. The molecule has 4 rings (SSSR count). The van der Waals surface area contributed by atoms with Gasteiger partial charge in [0, 0.05) is 14.9 Å². The Morgan fingerprint density at radius 1 is 1.19 bits per heavy atom. The van der Waals surface area contributed by atoms with Crippen LogP contribution in [0.4, 0.5) is 11.5 Å². The Morgan fingerprint density at radius 3 is 2.63 bits per heavy atom. The Morgan fingerprint density at radius 2 is 1.93 bits per heavy atom. The number of hydrogen-bond donors (Lipinski definition) is 2. The predicted octanol–water partition coefficient (Wildman–Crippen LogP) is 5.18. The molecule has 1 aliphatic rings. The molecule has 0 bridgehead atoms. The number of halogens is 1. The number of pyridine rings is 1. The number of aromatic nitrogens is 1. The lowest BCUT2D eigenvalue weighted by Crippen LogP contribution is -2.15. The average molecular weight is 439 g/mol. The number of nitrogens with two attached hydrogens (primary N) is 2. The number of benzene rings is 2. The molecule has 7 heteroatoms. The lowest BCUT2D eigenvalue weighted by molar-refractivity contribution is 0.441. The van der Waals surface area contributed by atoms with E-state index in [0.717, 1.165) is 26.2 Å². The molecule has 3 aromatic rings. The fraction of sp³-hybridized carbons (Fsp3) is 0.100. The Hall–Kier alpha value is -2.69. The van der Waals surface area contributed by atoms with Crippen LogP contribution in [0.3, 0.4) is 0 Å². The van der Waals surface area contributed by atoms with E-state index < -0.39 is 0 Å². The first kappa shape index (κ1) is 17.7. The van der Waals surface area contributed by atoms with Gasteiger partial charge in [-0.1, -0.05) is 33.6 Å². The zero-order valence-corrected chi connectivity index (χ0v) is 16.8. The third-order valence-corrected chi connectivity index (χ3v) is 6.16. The lowest BCUT2D eigenvalue weighted by atomic mass is 9.97. The summed E-state index contributed by atoms with van der Waals surface area (Å²) in [6.45, 7) is 2.03. The van der Waals surface area contributed by atoms with Crippen LogP contribution in [0.1, 0.15) is 27.5 Å². The van der Waals surface area contributed by atoms with E-state index in [1.165, 1.54) is 0 Å². The first-order chi connectivity index (χ1) is 13.0. The maximum atomic E-state index is 9.44. The van der Waals surface area contributed by atoms with E-state index in [2.05, 4.69) is 33.0 Å². The molecule has 0 spiro atoms. The van der Waals surface area contributed by atoms with Crippen molar-refractivity contribution >= 4 is 39.2 Å². The number of fused-ring (bicyclic) bond motifs is 2. The number of rotatable bonds is 2. The molecule has 0 radical (unpaired) electrons. The molecule has 1 aliphatic heterocycles. The van der Waals surface area contributed by atoms with Gasteiger partial charge in [0.2, 0.25) is 5.88 Å². The highest BCUT2D eigenvalue weighted by Crippen LogP contribution is 2.54. The first-order valence-corrected chi connectivity index (χ1v) is 9.84. The second kappa shape index (κ2) is 6.80. The van der Waals surface area contributed by atoms with Crippen LogP contribution in [0.15, 0.2) is 51.8 Å². The molecular weight excluding hydrogens is 424 g/mol. The third kappa shape index (κ3) is 3.11. The number of thioether (sulfide) groups is 1. The number of aryl methyl sites for hydroxylation is 1. The number of ether oxygens (including phenoxy) is 1. The summed E-state index contributed by atoms with van der Waals surface area (Å²) in [5.41, 5.74) is 15.6. The van der Waals surface area contributed by atoms with Gasteiger partial charge in [0.05, 0.1) is 16.5 Å². The molecule has 0 amide bonds. The molecule has 1 unspecified atom stereocenters. The quantitative estimate of drug-likeness (QED) is 0.571. The monoisotopic (exact) mass is 438 g/mol. The van der Waals surface area contributed by atoms with Gasteiger partial charge in [-0.3, -0.25) is 0 Å². The van der Waals surface area contributed by atoms with Gasteiger partial charge in [-0.15, -0.1) is 11.8 Å². The highest BCUT2D eigenvalue weighted by atomic mass is 79.9. The second-order valence-corrected chi connectivity index (χ2v) is 8.31. The van der Waals surface area contributed by atoms with Crippen LogP contribution < -0.4 is 16.2 Å². The topological polar surface area (TPSA) is 98.0 Å².